The fourth-order valence-electron chi connectivity index (χ4n) is 2.33. The SMILES string of the molecule is CC(c1ccc(S(C)(=O)=O)cc1)N(C)CCOc1cc(Cl)ccc1Cl. The minimum absolute atomic E-state index is 0.118. The molecule has 0 radical (unpaired) electrons. The zero-order valence-corrected chi connectivity index (χ0v) is 16.7. The molecule has 0 saturated carbocycles. The summed E-state index contributed by atoms with van der Waals surface area (Å²) in [6, 6.07) is 12.2. The Morgan fingerprint density at radius 2 is 1.76 bits per heavy atom. The van der Waals surface area contributed by atoms with Gasteiger partial charge in [0.2, 0.25) is 0 Å². The maximum atomic E-state index is 11.5. The van der Waals surface area contributed by atoms with E-state index in [1.165, 1.54) is 6.26 Å². The molecule has 0 aliphatic heterocycles. The van der Waals surface area contributed by atoms with E-state index in [0.29, 0.717) is 33.8 Å². The number of hydrogen-bond donors (Lipinski definition) is 0. The third kappa shape index (κ3) is 5.61. The van der Waals surface area contributed by atoms with E-state index in [0.717, 1.165) is 5.56 Å². The quantitative estimate of drug-likeness (QED) is 0.686. The maximum absolute atomic E-state index is 11.5. The van der Waals surface area contributed by atoms with Crippen molar-refractivity contribution < 1.29 is 13.2 Å². The van der Waals surface area contributed by atoms with Gasteiger partial charge < -0.3 is 4.74 Å². The van der Waals surface area contributed by atoms with E-state index in [-0.39, 0.29) is 6.04 Å². The van der Waals surface area contributed by atoms with Crippen LogP contribution in [0.2, 0.25) is 10.0 Å². The summed E-state index contributed by atoms with van der Waals surface area (Å²) >= 11 is 12.0. The van der Waals surface area contributed by atoms with Gasteiger partial charge in [0, 0.05) is 29.9 Å². The average molecular weight is 402 g/mol. The summed E-state index contributed by atoms with van der Waals surface area (Å²) < 4.78 is 28.8. The third-order valence-corrected chi connectivity index (χ3v) is 5.72. The van der Waals surface area contributed by atoms with Gasteiger partial charge in [0.05, 0.1) is 9.92 Å². The summed E-state index contributed by atoms with van der Waals surface area (Å²) in [6.07, 6.45) is 1.20. The van der Waals surface area contributed by atoms with Crippen molar-refractivity contribution in [3.8, 4) is 5.75 Å². The number of halogens is 2. The largest absolute Gasteiger partial charge is 0.491 e. The molecule has 0 fully saturated rings. The second-order valence-electron chi connectivity index (χ2n) is 5.92. The molecule has 1 atom stereocenters. The van der Waals surface area contributed by atoms with E-state index in [9.17, 15) is 8.42 Å². The highest BCUT2D eigenvalue weighted by atomic mass is 35.5. The lowest BCUT2D eigenvalue weighted by atomic mass is 10.1. The minimum Gasteiger partial charge on any atom is -0.491 e. The van der Waals surface area contributed by atoms with E-state index in [2.05, 4.69) is 11.8 Å². The molecule has 4 nitrogen and oxygen atoms in total. The highest BCUT2D eigenvalue weighted by molar-refractivity contribution is 7.90. The van der Waals surface area contributed by atoms with Crippen molar-refractivity contribution in [3.63, 3.8) is 0 Å². The van der Waals surface area contributed by atoms with Crippen molar-refractivity contribution in [2.24, 2.45) is 0 Å². The second-order valence-corrected chi connectivity index (χ2v) is 8.78. The molecule has 0 N–H and O–H groups in total. The number of nitrogens with zero attached hydrogens (tertiary/aromatic N) is 1. The Labute approximate surface area is 159 Å². The summed E-state index contributed by atoms with van der Waals surface area (Å²) in [5.41, 5.74) is 1.04. The van der Waals surface area contributed by atoms with E-state index < -0.39 is 9.84 Å². The second kappa shape index (κ2) is 8.41. The van der Waals surface area contributed by atoms with Gasteiger partial charge in [-0.2, -0.15) is 0 Å². The highest BCUT2D eigenvalue weighted by Crippen LogP contribution is 2.28. The lowest BCUT2D eigenvalue weighted by molar-refractivity contribution is 0.201. The molecule has 2 aromatic rings. The molecular formula is C18H21Cl2NO3S. The minimum atomic E-state index is -3.17. The number of ether oxygens (including phenoxy) is 1. The van der Waals surface area contributed by atoms with E-state index >= 15 is 0 Å². The molecule has 7 heteroatoms. The number of likely N-dealkylation sites (N-methyl/N-ethyl adjacent to an activating group) is 1. The number of rotatable bonds is 7. The first-order valence-corrected chi connectivity index (χ1v) is 10.4. The standard InChI is InChI=1S/C18H21Cl2NO3S/c1-13(14-4-7-16(8-5-14)25(3,22)23)21(2)10-11-24-18-12-15(19)6-9-17(18)20/h4-9,12-13H,10-11H2,1-3H3. The van der Waals surface area contributed by atoms with Gasteiger partial charge in [-0.15, -0.1) is 0 Å². The monoisotopic (exact) mass is 401 g/mol. The number of benzene rings is 2. The number of sulfone groups is 1. The predicted octanol–water partition coefficient (Wildman–Crippen LogP) is 4.47. The van der Waals surface area contributed by atoms with Crippen molar-refractivity contribution >= 4 is 33.0 Å². The molecule has 0 heterocycles. The lowest BCUT2D eigenvalue weighted by Gasteiger charge is -2.25. The van der Waals surface area contributed by atoms with Crippen LogP contribution < -0.4 is 4.74 Å². The van der Waals surface area contributed by atoms with Gasteiger partial charge in [-0.3, -0.25) is 4.90 Å². The fourth-order valence-corrected chi connectivity index (χ4v) is 3.29. The number of hydrogen-bond acceptors (Lipinski definition) is 4. The maximum Gasteiger partial charge on any atom is 0.175 e. The first kappa shape index (κ1) is 20.0. The van der Waals surface area contributed by atoms with Crippen LogP contribution in [0.4, 0.5) is 0 Å². The van der Waals surface area contributed by atoms with Gasteiger partial charge in [0.25, 0.3) is 0 Å². The molecule has 0 amide bonds. The van der Waals surface area contributed by atoms with E-state index in [1.54, 1.807) is 30.3 Å². The molecule has 0 aliphatic carbocycles. The lowest BCUT2D eigenvalue weighted by Crippen LogP contribution is -2.27. The normalized spacial score (nSPS) is 13.0. The Kier molecular flexibility index (Phi) is 6.74. The van der Waals surface area contributed by atoms with Gasteiger partial charge in [0.1, 0.15) is 12.4 Å². The molecule has 0 aliphatic rings. The summed E-state index contributed by atoms with van der Waals surface area (Å²) in [6.45, 7) is 3.20. The van der Waals surface area contributed by atoms with Crippen molar-refractivity contribution in [3.05, 3.63) is 58.1 Å². The Bertz CT molecular complexity index is 823. The van der Waals surface area contributed by atoms with Gasteiger partial charge in [-0.25, -0.2) is 8.42 Å². The van der Waals surface area contributed by atoms with Gasteiger partial charge in [-0.05, 0) is 43.8 Å². The van der Waals surface area contributed by atoms with Crippen LogP contribution in [0.3, 0.4) is 0 Å². The Morgan fingerprint density at radius 1 is 1.12 bits per heavy atom. The van der Waals surface area contributed by atoms with Crippen LogP contribution in [0.15, 0.2) is 47.4 Å². The summed E-state index contributed by atoms with van der Waals surface area (Å²) in [4.78, 5) is 2.44. The molecule has 1 unspecified atom stereocenters. The van der Waals surface area contributed by atoms with Crippen LogP contribution in [0.25, 0.3) is 0 Å². The van der Waals surface area contributed by atoms with Crippen molar-refractivity contribution in [1.29, 1.82) is 0 Å². The van der Waals surface area contributed by atoms with Gasteiger partial charge >= 0.3 is 0 Å². The Morgan fingerprint density at radius 3 is 2.36 bits per heavy atom. The molecule has 2 aromatic carbocycles. The van der Waals surface area contributed by atoms with Crippen molar-refractivity contribution in [1.82, 2.24) is 4.90 Å². The third-order valence-electron chi connectivity index (χ3n) is 4.05. The van der Waals surface area contributed by atoms with Crippen molar-refractivity contribution in [2.75, 3.05) is 26.5 Å². The summed E-state index contributed by atoms with van der Waals surface area (Å²) in [5.74, 6) is 0.563. The summed E-state index contributed by atoms with van der Waals surface area (Å²) in [5, 5.41) is 1.10. The molecular weight excluding hydrogens is 381 g/mol. The molecule has 0 saturated heterocycles. The van der Waals surface area contributed by atoms with Crippen LogP contribution in [0, 0.1) is 0 Å². The molecule has 25 heavy (non-hydrogen) atoms. The van der Waals surface area contributed by atoms with Gasteiger partial charge in [0.15, 0.2) is 9.84 Å². The molecule has 0 spiro atoms. The fraction of sp³-hybridized carbons (Fsp3) is 0.333. The Balaban J connectivity index is 1.94. The smallest absolute Gasteiger partial charge is 0.175 e. The van der Waals surface area contributed by atoms with E-state index in [4.69, 9.17) is 27.9 Å². The van der Waals surface area contributed by atoms with E-state index in [1.807, 2.05) is 19.2 Å². The topological polar surface area (TPSA) is 46.6 Å². The van der Waals surface area contributed by atoms with Gasteiger partial charge in [-0.1, -0.05) is 35.3 Å². The molecule has 136 valence electrons. The van der Waals surface area contributed by atoms with Crippen LogP contribution in [0.1, 0.15) is 18.5 Å². The zero-order chi connectivity index (χ0) is 18.6. The van der Waals surface area contributed by atoms with Crippen LogP contribution in [0.5, 0.6) is 5.75 Å². The van der Waals surface area contributed by atoms with Crippen LogP contribution in [-0.2, 0) is 9.84 Å². The molecule has 0 aromatic heterocycles. The van der Waals surface area contributed by atoms with Crippen LogP contribution in [-0.4, -0.2) is 39.8 Å². The average Bonchev–Trinajstić information content (AvgIpc) is 2.56. The Hall–Kier alpha value is -1.27. The predicted molar refractivity (Wildman–Crippen MR) is 103 cm³/mol. The zero-order valence-electron chi connectivity index (χ0n) is 14.4. The van der Waals surface area contributed by atoms with Crippen molar-refractivity contribution in [2.45, 2.75) is 17.9 Å². The first-order valence-electron chi connectivity index (χ1n) is 7.76. The molecule has 0 bridgehead atoms. The first-order chi connectivity index (χ1) is 11.7. The highest BCUT2D eigenvalue weighted by Gasteiger charge is 2.14. The van der Waals surface area contributed by atoms with Crippen LogP contribution >= 0.6 is 23.2 Å². The molecule has 2 rings (SSSR count). The summed E-state index contributed by atoms with van der Waals surface area (Å²) in [7, 11) is -1.19.